The fourth-order valence-electron chi connectivity index (χ4n) is 1.12. The Bertz CT molecular complexity index is 333. The molecule has 0 aliphatic carbocycles. The van der Waals surface area contributed by atoms with Crippen molar-refractivity contribution in [3.63, 3.8) is 0 Å². The molecule has 0 radical (unpaired) electrons. The largest absolute Gasteiger partial charge is 0.416 e. The molecule has 0 heterocycles. The van der Waals surface area contributed by atoms with Gasteiger partial charge in [0.1, 0.15) is 0 Å². The zero-order valence-electron chi connectivity index (χ0n) is 7.20. The fraction of sp³-hybridized carbons (Fsp3) is 0.333. The van der Waals surface area contributed by atoms with E-state index in [1.54, 1.807) is 6.92 Å². The Morgan fingerprint density at radius 3 is 2.36 bits per heavy atom. The molecule has 0 amide bonds. The predicted octanol–water partition coefficient (Wildman–Crippen LogP) is 4.81. The topological polar surface area (TPSA) is 0 Å². The van der Waals surface area contributed by atoms with Crippen LogP contribution < -0.4 is 0 Å². The first-order valence-electron chi connectivity index (χ1n) is 3.83. The Morgan fingerprint density at radius 2 is 1.93 bits per heavy atom. The highest BCUT2D eigenvalue weighted by molar-refractivity contribution is 9.09. The van der Waals surface area contributed by atoms with Crippen LogP contribution in [0.5, 0.6) is 0 Å². The van der Waals surface area contributed by atoms with Gasteiger partial charge in [-0.2, -0.15) is 13.2 Å². The molecule has 1 rings (SSSR count). The van der Waals surface area contributed by atoms with Crippen molar-refractivity contribution in [2.45, 2.75) is 17.9 Å². The van der Waals surface area contributed by atoms with E-state index in [2.05, 4.69) is 15.9 Å². The number of alkyl halides is 4. The van der Waals surface area contributed by atoms with E-state index < -0.39 is 11.7 Å². The van der Waals surface area contributed by atoms with Crippen LogP contribution in [0, 0.1) is 0 Å². The Morgan fingerprint density at radius 1 is 1.36 bits per heavy atom. The van der Waals surface area contributed by atoms with Gasteiger partial charge in [-0.15, -0.1) is 0 Å². The van der Waals surface area contributed by atoms with E-state index >= 15 is 0 Å². The van der Waals surface area contributed by atoms with Crippen LogP contribution in [0.15, 0.2) is 18.2 Å². The molecule has 0 saturated heterocycles. The van der Waals surface area contributed by atoms with Crippen molar-refractivity contribution >= 4 is 27.5 Å². The first-order chi connectivity index (χ1) is 6.32. The summed E-state index contributed by atoms with van der Waals surface area (Å²) in [5, 5.41) is 0.305. The Balaban J connectivity index is 3.29. The maximum Gasteiger partial charge on any atom is 0.416 e. The van der Waals surface area contributed by atoms with Crippen molar-refractivity contribution < 1.29 is 13.2 Å². The van der Waals surface area contributed by atoms with Crippen molar-refractivity contribution in [1.82, 2.24) is 0 Å². The molecule has 1 atom stereocenters. The highest BCUT2D eigenvalue weighted by Gasteiger charge is 2.34. The van der Waals surface area contributed by atoms with Gasteiger partial charge in [0.2, 0.25) is 0 Å². The third-order valence-electron chi connectivity index (χ3n) is 1.75. The normalized spacial score (nSPS) is 14.1. The van der Waals surface area contributed by atoms with Crippen molar-refractivity contribution in [1.29, 1.82) is 0 Å². The minimum absolute atomic E-state index is 0.157. The Labute approximate surface area is 93.2 Å². The third-order valence-corrected chi connectivity index (χ3v) is 2.48. The van der Waals surface area contributed by atoms with Gasteiger partial charge in [-0.3, -0.25) is 0 Å². The molecule has 0 saturated carbocycles. The molecule has 0 aromatic heterocycles. The molecular formula is C9H7BrClF3. The van der Waals surface area contributed by atoms with Gasteiger partial charge < -0.3 is 0 Å². The van der Waals surface area contributed by atoms with E-state index in [1.807, 2.05) is 0 Å². The summed E-state index contributed by atoms with van der Waals surface area (Å²) in [6, 6.07) is 3.56. The van der Waals surface area contributed by atoms with Crippen LogP contribution in [-0.4, -0.2) is 0 Å². The summed E-state index contributed by atoms with van der Waals surface area (Å²) in [4.78, 5) is -0.377. The number of halogens is 5. The van der Waals surface area contributed by atoms with Crippen LogP contribution in [0.25, 0.3) is 0 Å². The molecule has 78 valence electrons. The zero-order valence-corrected chi connectivity index (χ0v) is 9.54. The van der Waals surface area contributed by atoms with Crippen LogP contribution >= 0.6 is 27.5 Å². The fourth-order valence-corrected chi connectivity index (χ4v) is 1.68. The van der Waals surface area contributed by atoms with E-state index in [0.29, 0.717) is 5.02 Å². The SMILES string of the molecule is CC(Br)c1cc(Cl)ccc1C(F)(F)F. The van der Waals surface area contributed by atoms with Gasteiger partial charge in [0.25, 0.3) is 0 Å². The van der Waals surface area contributed by atoms with Crippen LogP contribution in [-0.2, 0) is 6.18 Å². The molecule has 0 bridgehead atoms. The average Bonchev–Trinajstić information content (AvgIpc) is 2.01. The zero-order chi connectivity index (χ0) is 10.9. The first kappa shape index (κ1) is 11.9. The number of hydrogen-bond acceptors (Lipinski definition) is 0. The lowest BCUT2D eigenvalue weighted by Gasteiger charge is -2.14. The maximum atomic E-state index is 12.5. The van der Waals surface area contributed by atoms with Crippen molar-refractivity contribution in [3.8, 4) is 0 Å². The highest BCUT2D eigenvalue weighted by atomic mass is 79.9. The number of rotatable bonds is 1. The molecule has 0 aliphatic rings. The second-order valence-corrected chi connectivity index (χ2v) is 4.66. The summed E-state index contributed by atoms with van der Waals surface area (Å²) in [5.74, 6) is 0. The highest BCUT2D eigenvalue weighted by Crippen LogP contribution is 2.38. The molecule has 0 fully saturated rings. The van der Waals surface area contributed by atoms with Gasteiger partial charge in [0, 0.05) is 9.85 Å². The molecule has 1 aromatic rings. The second kappa shape index (κ2) is 4.11. The van der Waals surface area contributed by atoms with Crippen molar-refractivity contribution in [2.24, 2.45) is 0 Å². The van der Waals surface area contributed by atoms with E-state index in [-0.39, 0.29) is 10.4 Å². The monoisotopic (exact) mass is 286 g/mol. The molecule has 1 aromatic carbocycles. The van der Waals surface area contributed by atoms with Crippen molar-refractivity contribution in [2.75, 3.05) is 0 Å². The van der Waals surface area contributed by atoms with Gasteiger partial charge in [0.05, 0.1) is 5.56 Å². The summed E-state index contributed by atoms with van der Waals surface area (Å²) >= 11 is 8.72. The molecule has 0 aliphatic heterocycles. The predicted molar refractivity (Wildman–Crippen MR) is 53.8 cm³/mol. The summed E-state index contributed by atoms with van der Waals surface area (Å²) in [5.41, 5.74) is -0.490. The van der Waals surface area contributed by atoms with Gasteiger partial charge in [-0.1, -0.05) is 27.5 Å². The minimum Gasteiger partial charge on any atom is -0.166 e. The third kappa shape index (κ3) is 2.64. The second-order valence-electron chi connectivity index (χ2n) is 2.85. The molecule has 0 nitrogen and oxygen atoms in total. The lowest BCUT2D eigenvalue weighted by Crippen LogP contribution is -2.09. The minimum atomic E-state index is -4.33. The van der Waals surface area contributed by atoms with Gasteiger partial charge in [-0.05, 0) is 30.7 Å². The summed E-state index contributed by atoms with van der Waals surface area (Å²) in [7, 11) is 0. The Kier molecular flexibility index (Phi) is 3.48. The number of hydrogen-bond donors (Lipinski definition) is 0. The van der Waals surface area contributed by atoms with Gasteiger partial charge in [-0.25, -0.2) is 0 Å². The first-order valence-corrected chi connectivity index (χ1v) is 5.12. The van der Waals surface area contributed by atoms with Gasteiger partial charge >= 0.3 is 6.18 Å². The van der Waals surface area contributed by atoms with E-state index in [1.165, 1.54) is 12.1 Å². The van der Waals surface area contributed by atoms with Crippen LogP contribution in [0.2, 0.25) is 5.02 Å². The molecule has 5 heteroatoms. The summed E-state index contributed by atoms with van der Waals surface area (Å²) in [6.07, 6.45) is -4.33. The maximum absolute atomic E-state index is 12.5. The van der Waals surface area contributed by atoms with Crippen LogP contribution in [0.3, 0.4) is 0 Å². The van der Waals surface area contributed by atoms with Crippen LogP contribution in [0.1, 0.15) is 22.9 Å². The van der Waals surface area contributed by atoms with E-state index in [4.69, 9.17) is 11.6 Å². The molecule has 1 unspecified atom stereocenters. The Hall–Kier alpha value is -0.220. The molecule has 0 spiro atoms. The summed E-state index contributed by atoms with van der Waals surface area (Å²) < 4.78 is 37.4. The average molecular weight is 288 g/mol. The van der Waals surface area contributed by atoms with E-state index in [0.717, 1.165) is 6.07 Å². The lowest BCUT2D eigenvalue weighted by molar-refractivity contribution is -0.138. The van der Waals surface area contributed by atoms with Crippen molar-refractivity contribution in [3.05, 3.63) is 34.3 Å². The van der Waals surface area contributed by atoms with E-state index in [9.17, 15) is 13.2 Å². The van der Waals surface area contributed by atoms with Crippen LogP contribution in [0.4, 0.5) is 13.2 Å². The molecule has 0 N–H and O–H groups in total. The molecular weight excluding hydrogens is 280 g/mol. The standard InChI is InChI=1S/C9H7BrClF3/c1-5(10)7-4-6(11)2-3-8(7)9(12,13)14/h2-5H,1H3. The molecule has 14 heavy (non-hydrogen) atoms. The number of benzene rings is 1. The quantitative estimate of drug-likeness (QED) is 0.650. The smallest absolute Gasteiger partial charge is 0.166 e. The lowest BCUT2D eigenvalue weighted by atomic mass is 10.1. The van der Waals surface area contributed by atoms with Gasteiger partial charge in [0.15, 0.2) is 0 Å². The summed E-state index contributed by atoms with van der Waals surface area (Å²) in [6.45, 7) is 1.63.